The molecule has 0 spiro atoms. The molecule has 0 saturated carbocycles. The van der Waals surface area contributed by atoms with Crippen molar-refractivity contribution >= 4 is 15.9 Å². The van der Waals surface area contributed by atoms with Crippen LogP contribution in [0.15, 0.2) is 16.6 Å². The largest absolute Gasteiger partial charge is 0.496 e. The van der Waals surface area contributed by atoms with E-state index in [4.69, 9.17) is 4.74 Å². The third-order valence-electron chi connectivity index (χ3n) is 3.28. The van der Waals surface area contributed by atoms with Gasteiger partial charge in [-0.15, -0.1) is 0 Å². The molecule has 1 saturated heterocycles. The quantitative estimate of drug-likeness (QED) is 0.900. The Kier molecular flexibility index (Phi) is 3.87. The Morgan fingerprint density at radius 3 is 2.88 bits per heavy atom. The molecule has 1 aliphatic heterocycles. The predicted molar refractivity (Wildman–Crippen MR) is 70.3 cm³/mol. The Hall–Kier alpha value is -0.540. The minimum absolute atomic E-state index is 0.649. The third kappa shape index (κ3) is 2.41. The number of hydrogen-bond donors (Lipinski definition) is 1. The summed E-state index contributed by atoms with van der Waals surface area (Å²) in [7, 11) is 1.71. The first-order valence-electron chi connectivity index (χ1n) is 5.77. The lowest BCUT2D eigenvalue weighted by Crippen LogP contribution is -2.28. The van der Waals surface area contributed by atoms with Gasteiger partial charge in [0.25, 0.3) is 0 Å². The molecule has 0 aliphatic carbocycles. The molecule has 0 amide bonds. The lowest BCUT2D eigenvalue weighted by molar-refractivity contribution is 0.410. The highest BCUT2D eigenvalue weighted by molar-refractivity contribution is 9.10. The molecule has 2 nitrogen and oxygen atoms in total. The maximum Gasteiger partial charge on any atom is 0.133 e. The topological polar surface area (TPSA) is 21.3 Å². The minimum atomic E-state index is 0.649. The van der Waals surface area contributed by atoms with Crippen LogP contribution in [-0.4, -0.2) is 20.2 Å². The molecule has 2 rings (SSSR count). The van der Waals surface area contributed by atoms with Crippen LogP contribution in [0.4, 0.5) is 0 Å². The molecule has 1 aliphatic rings. The number of nitrogens with one attached hydrogen (secondary N) is 1. The average molecular weight is 284 g/mol. The number of hydrogen-bond acceptors (Lipinski definition) is 2. The van der Waals surface area contributed by atoms with Gasteiger partial charge in [0.05, 0.1) is 11.6 Å². The molecular formula is C13H18BrNO. The molecule has 16 heavy (non-hydrogen) atoms. The zero-order valence-electron chi connectivity index (χ0n) is 9.85. The second-order valence-electron chi connectivity index (χ2n) is 4.39. The Morgan fingerprint density at radius 1 is 1.44 bits per heavy atom. The number of methoxy groups -OCH3 is 1. The first kappa shape index (κ1) is 11.9. The van der Waals surface area contributed by atoms with Crippen molar-refractivity contribution in [2.75, 3.05) is 20.2 Å². The maximum atomic E-state index is 5.31. The van der Waals surface area contributed by atoms with Gasteiger partial charge in [0, 0.05) is 6.54 Å². The Bertz CT molecular complexity index is 372. The molecule has 88 valence electrons. The lowest BCUT2D eigenvalue weighted by Gasteiger charge is -2.25. The fourth-order valence-electron chi connectivity index (χ4n) is 2.38. The molecule has 1 unspecified atom stereocenters. The second kappa shape index (κ2) is 5.19. The molecule has 3 heteroatoms. The van der Waals surface area contributed by atoms with E-state index in [1.165, 1.54) is 24.0 Å². The Morgan fingerprint density at radius 2 is 2.25 bits per heavy atom. The van der Waals surface area contributed by atoms with Crippen LogP contribution in [0.2, 0.25) is 0 Å². The zero-order valence-corrected chi connectivity index (χ0v) is 11.4. The smallest absolute Gasteiger partial charge is 0.133 e. The summed E-state index contributed by atoms with van der Waals surface area (Å²) in [6, 6.07) is 4.33. The van der Waals surface area contributed by atoms with Crippen LogP contribution in [0.3, 0.4) is 0 Å². The van der Waals surface area contributed by atoms with Crippen LogP contribution >= 0.6 is 15.9 Å². The molecule has 1 N–H and O–H groups in total. The van der Waals surface area contributed by atoms with Crippen molar-refractivity contribution in [1.29, 1.82) is 0 Å². The van der Waals surface area contributed by atoms with Gasteiger partial charge in [-0.2, -0.15) is 0 Å². The summed E-state index contributed by atoms with van der Waals surface area (Å²) in [5.74, 6) is 1.57. The van der Waals surface area contributed by atoms with Gasteiger partial charge in [-0.05, 0) is 71.4 Å². The number of piperidine rings is 1. The zero-order chi connectivity index (χ0) is 11.5. The monoisotopic (exact) mass is 283 g/mol. The third-order valence-corrected chi connectivity index (χ3v) is 3.90. The molecule has 1 atom stereocenters. The molecular weight excluding hydrogens is 266 g/mol. The molecule has 1 fully saturated rings. The molecule has 0 aromatic heterocycles. The van der Waals surface area contributed by atoms with Crippen molar-refractivity contribution < 1.29 is 4.74 Å². The molecule has 1 aromatic carbocycles. The highest BCUT2D eigenvalue weighted by Gasteiger charge is 2.18. The van der Waals surface area contributed by atoms with Gasteiger partial charge in [0.1, 0.15) is 5.75 Å². The van der Waals surface area contributed by atoms with Gasteiger partial charge >= 0.3 is 0 Å². The first-order chi connectivity index (χ1) is 7.72. The van der Waals surface area contributed by atoms with Crippen LogP contribution < -0.4 is 10.1 Å². The standard InChI is InChI=1S/C13H18BrNO/c1-9-6-13(16-2)12(14)7-11(9)10-4-3-5-15-8-10/h6-7,10,15H,3-5,8H2,1-2H3. The minimum Gasteiger partial charge on any atom is -0.496 e. The summed E-state index contributed by atoms with van der Waals surface area (Å²) in [5.41, 5.74) is 2.77. The van der Waals surface area contributed by atoms with Crippen LogP contribution in [0.1, 0.15) is 29.9 Å². The van der Waals surface area contributed by atoms with E-state index in [9.17, 15) is 0 Å². The van der Waals surface area contributed by atoms with Gasteiger partial charge in [-0.1, -0.05) is 0 Å². The highest BCUT2D eigenvalue weighted by atomic mass is 79.9. The second-order valence-corrected chi connectivity index (χ2v) is 5.24. The Labute approximate surface area is 106 Å². The molecule has 0 bridgehead atoms. The summed E-state index contributed by atoms with van der Waals surface area (Å²) < 4.78 is 6.36. The Balaban J connectivity index is 2.29. The van der Waals surface area contributed by atoms with Crippen molar-refractivity contribution in [2.24, 2.45) is 0 Å². The van der Waals surface area contributed by atoms with Crippen molar-refractivity contribution in [2.45, 2.75) is 25.7 Å². The highest BCUT2D eigenvalue weighted by Crippen LogP contribution is 2.33. The number of halogens is 1. The van der Waals surface area contributed by atoms with Crippen molar-refractivity contribution in [3.63, 3.8) is 0 Å². The van der Waals surface area contributed by atoms with E-state index in [0.717, 1.165) is 23.3 Å². The van der Waals surface area contributed by atoms with E-state index < -0.39 is 0 Å². The van der Waals surface area contributed by atoms with Gasteiger partial charge < -0.3 is 10.1 Å². The average Bonchev–Trinajstić information content (AvgIpc) is 2.32. The molecule has 1 aromatic rings. The van der Waals surface area contributed by atoms with E-state index in [-0.39, 0.29) is 0 Å². The summed E-state index contributed by atoms with van der Waals surface area (Å²) in [6.45, 7) is 4.42. The first-order valence-corrected chi connectivity index (χ1v) is 6.56. The molecule has 1 heterocycles. The van der Waals surface area contributed by atoms with Crippen LogP contribution in [0.25, 0.3) is 0 Å². The van der Waals surface area contributed by atoms with E-state index >= 15 is 0 Å². The van der Waals surface area contributed by atoms with E-state index in [2.05, 4.69) is 40.3 Å². The number of aryl methyl sites for hydroxylation is 1. The van der Waals surface area contributed by atoms with E-state index in [1.807, 2.05) is 0 Å². The van der Waals surface area contributed by atoms with Gasteiger partial charge in [-0.25, -0.2) is 0 Å². The summed E-state index contributed by atoms with van der Waals surface area (Å²) in [5, 5.41) is 3.46. The summed E-state index contributed by atoms with van der Waals surface area (Å²) in [6.07, 6.45) is 2.56. The van der Waals surface area contributed by atoms with Crippen LogP contribution in [0, 0.1) is 6.92 Å². The maximum absolute atomic E-state index is 5.31. The normalized spacial score (nSPS) is 20.8. The van der Waals surface area contributed by atoms with Gasteiger partial charge in [0.15, 0.2) is 0 Å². The fraction of sp³-hybridized carbons (Fsp3) is 0.538. The van der Waals surface area contributed by atoms with E-state index in [1.54, 1.807) is 7.11 Å². The summed E-state index contributed by atoms with van der Waals surface area (Å²) in [4.78, 5) is 0. The van der Waals surface area contributed by atoms with Crippen molar-refractivity contribution in [3.05, 3.63) is 27.7 Å². The molecule has 0 radical (unpaired) electrons. The lowest BCUT2D eigenvalue weighted by atomic mass is 9.89. The van der Waals surface area contributed by atoms with Crippen molar-refractivity contribution in [3.8, 4) is 5.75 Å². The van der Waals surface area contributed by atoms with Gasteiger partial charge in [-0.3, -0.25) is 0 Å². The van der Waals surface area contributed by atoms with Gasteiger partial charge in [0.2, 0.25) is 0 Å². The van der Waals surface area contributed by atoms with E-state index in [0.29, 0.717) is 5.92 Å². The van der Waals surface area contributed by atoms with Crippen molar-refractivity contribution in [1.82, 2.24) is 5.32 Å². The number of rotatable bonds is 2. The van der Waals surface area contributed by atoms with Crippen LogP contribution in [-0.2, 0) is 0 Å². The summed E-state index contributed by atoms with van der Waals surface area (Å²) >= 11 is 3.56. The number of ether oxygens (including phenoxy) is 1. The number of benzene rings is 1. The SMILES string of the molecule is COc1cc(C)c(C2CCCNC2)cc1Br. The fourth-order valence-corrected chi connectivity index (χ4v) is 2.91. The predicted octanol–water partition coefficient (Wildman–Crippen LogP) is 3.23. The van der Waals surface area contributed by atoms with Crippen LogP contribution in [0.5, 0.6) is 5.75 Å².